The highest BCUT2D eigenvalue weighted by molar-refractivity contribution is 5.84. The van der Waals surface area contributed by atoms with Crippen LogP contribution in [0.3, 0.4) is 0 Å². The number of carbonyl (C=O) groups excluding carboxylic acids is 1. The van der Waals surface area contributed by atoms with E-state index in [1.54, 1.807) is 17.0 Å². The van der Waals surface area contributed by atoms with Gasteiger partial charge in [0.25, 0.3) is 0 Å². The second kappa shape index (κ2) is 8.24. The van der Waals surface area contributed by atoms with E-state index in [0.29, 0.717) is 31.1 Å². The van der Waals surface area contributed by atoms with Crippen LogP contribution < -0.4 is 10.6 Å². The van der Waals surface area contributed by atoms with Crippen LogP contribution in [-0.4, -0.2) is 74.2 Å². The summed E-state index contributed by atoms with van der Waals surface area (Å²) < 4.78 is 49.8. The summed E-state index contributed by atoms with van der Waals surface area (Å²) in [4.78, 5) is 20.0. The predicted octanol–water partition coefficient (Wildman–Crippen LogP) is 1.28. The molecule has 0 unspecified atom stereocenters. The van der Waals surface area contributed by atoms with E-state index in [9.17, 15) is 22.4 Å². The van der Waals surface area contributed by atoms with E-state index in [2.05, 4.69) is 9.89 Å². The highest BCUT2D eigenvalue weighted by Crippen LogP contribution is 2.17. The molecule has 1 aliphatic rings. The van der Waals surface area contributed by atoms with Crippen molar-refractivity contribution in [1.82, 2.24) is 9.80 Å². The van der Waals surface area contributed by atoms with Crippen LogP contribution in [-0.2, 0) is 4.79 Å². The maximum absolute atomic E-state index is 13.0. The Balaban J connectivity index is 1.83. The molecule has 26 heavy (non-hydrogen) atoms. The van der Waals surface area contributed by atoms with Crippen LogP contribution >= 0.6 is 0 Å². The average molecular weight is 375 g/mol. The number of halogens is 4. The number of piperazine rings is 1. The summed E-state index contributed by atoms with van der Waals surface area (Å²) in [6.45, 7) is 0.584. The summed E-state index contributed by atoms with van der Waals surface area (Å²) in [6.07, 6.45) is -4.45. The van der Waals surface area contributed by atoms with Crippen LogP contribution in [0.1, 0.15) is 0 Å². The van der Waals surface area contributed by atoms with Gasteiger partial charge in [-0.05, 0) is 24.3 Å². The quantitative estimate of drug-likeness (QED) is 0.489. The minimum atomic E-state index is -4.45. The van der Waals surface area contributed by atoms with Crippen molar-refractivity contribution >= 4 is 17.6 Å². The number of hydrogen-bond donors (Lipinski definition) is 1. The van der Waals surface area contributed by atoms with Gasteiger partial charge in [-0.1, -0.05) is 0 Å². The topological polar surface area (TPSA) is 65.2 Å². The maximum atomic E-state index is 13.0. The molecule has 2 N–H and O–H groups in total. The number of amides is 1. The van der Waals surface area contributed by atoms with Gasteiger partial charge in [-0.3, -0.25) is 4.79 Å². The summed E-state index contributed by atoms with van der Waals surface area (Å²) in [5.41, 5.74) is 6.74. The summed E-state index contributed by atoms with van der Waals surface area (Å²) in [6, 6.07) is 6.16. The lowest BCUT2D eigenvalue weighted by molar-refractivity contribution is -0.157. The van der Waals surface area contributed by atoms with Gasteiger partial charge in [0, 0.05) is 38.9 Å². The van der Waals surface area contributed by atoms with Crippen LogP contribution in [0, 0.1) is 5.82 Å². The first-order valence-corrected chi connectivity index (χ1v) is 8.02. The molecule has 1 aromatic rings. The van der Waals surface area contributed by atoms with Gasteiger partial charge < -0.3 is 20.4 Å². The number of nitrogens with zero attached hydrogens (tertiary/aromatic N) is 4. The van der Waals surface area contributed by atoms with E-state index >= 15 is 0 Å². The van der Waals surface area contributed by atoms with E-state index in [0.717, 1.165) is 12.7 Å². The molecule has 1 fully saturated rings. The number of hydrogen-bond acceptors (Lipinski definition) is 3. The van der Waals surface area contributed by atoms with Crippen molar-refractivity contribution in [2.45, 2.75) is 6.18 Å². The van der Waals surface area contributed by atoms with Crippen molar-refractivity contribution in [3.63, 3.8) is 0 Å². The Morgan fingerprint density at radius 3 is 2.31 bits per heavy atom. The number of alkyl halides is 3. The lowest BCUT2D eigenvalue weighted by Gasteiger charge is -2.36. The fourth-order valence-corrected chi connectivity index (χ4v) is 2.57. The Kier molecular flexibility index (Phi) is 6.27. The summed E-state index contributed by atoms with van der Waals surface area (Å²) >= 11 is 0. The van der Waals surface area contributed by atoms with Crippen molar-refractivity contribution in [3.05, 3.63) is 30.1 Å². The average Bonchev–Trinajstić information content (AvgIpc) is 2.58. The summed E-state index contributed by atoms with van der Waals surface area (Å²) in [5, 5.41) is 0. The van der Waals surface area contributed by atoms with E-state index in [1.807, 2.05) is 0 Å². The molecule has 0 saturated carbocycles. The zero-order chi connectivity index (χ0) is 19.3. The van der Waals surface area contributed by atoms with Crippen molar-refractivity contribution in [3.8, 4) is 0 Å². The Bertz CT molecular complexity index is 639. The molecule has 1 aromatic carbocycles. The molecule has 6 nitrogen and oxygen atoms in total. The molecule has 0 aromatic heterocycles. The first-order valence-electron chi connectivity index (χ1n) is 8.02. The highest BCUT2D eigenvalue weighted by Gasteiger charge is 2.31. The minimum Gasteiger partial charge on any atom is -0.370 e. The number of nitrogens with two attached hydrogens (primary N) is 1. The molecule has 1 heterocycles. The van der Waals surface area contributed by atoms with E-state index in [-0.39, 0.29) is 11.8 Å². The molecule has 1 amide bonds. The number of benzene rings is 1. The normalized spacial score (nSPS) is 16.0. The van der Waals surface area contributed by atoms with Crippen LogP contribution in [0.4, 0.5) is 23.2 Å². The van der Waals surface area contributed by atoms with Gasteiger partial charge in [-0.15, -0.1) is 0 Å². The van der Waals surface area contributed by atoms with Crippen LogP contribution in [0.2, 0.25) is 0 Å². The SMILES string of the molecule is CN(CC(F)(F)F)C(=O)CN=C(N)N1CCN(c2ccc(F)cc2)CC1. The van der Waals surface area contributed by atoms with Crippen LogP contribution in [0.25, 0.3) is 0 Å². The molecule has 0 aliphatic carbocycles. The third kappa shape index (κ3) is 5.78. The van der Waals surface area contributed by atoms with Gasteiger partial charge in [0.15, 0.2) is 5.96 Å². The smallest absolute Gasteiger partial charge is 0.370 e. The molecule has 2 rings (SSSR count). The number of guanidine groups is 1. The molecule has 0 spiro atoms. The monoisotopic (exact) mass is 375 g/mol. The molecule has 0 bridgehead atoms. The fraction of sp³-hybridized carbons (Fsp3) is 0.500. The second-order valence-corrected chi connectivity index (χ2v) is 5.99. The van der Waals surface area contributed by atoms with E-state index in [4.69, 9.17) is 5.73 Å². The van der Waals surface area contributed by atoms with Crippen LogP contribution in [0.5, 0.6) is 0 Å². The molecular formula is C16H21F4N5O. The largest absolute Gasteiger partial charge is 0.406 e. The molecule has 0 atom stereocenters. The second-order valence-electron chi connectivity index (χ2n) is 5.99. The Labute approximate surface area is 148 Å². The Morgan fingerprint density at radius 2 is 1.77 bits per heavy atom. The van der Waals surface area contributed by atoms with Crippen LogP contribution in [0.15, 0.2) is 29.3 Å². The van der Waals surface area contributed by atoms with Gasteiger partial charge in [0.1, 0.15) is 18.9 Å². The number of anilines is 1. The fourth-order valence-electron chi connectivity index (χ4n) is 2.57. The van der Waals surface area contributed by atoms with Gasteiger partial charge in [0.05, 0.1) is 0 Å². The zero-order valence-electron chi connectivity index (χ0n) is 14.3. The highest BCUT2D eigenvalue weighted by atomic mass is 19.4. The molecular weight excluding hydrogens is 354 g/mol. The molecule has 1 saturated heterocycles. The molecule has 1 aliphatic heterocycles. The van der Waals surface area contributed by atoms with Crippen molar-refractivity contribution < 1.29 is 22.4 Å². The molecule has 10 heteroatoms. The molecule has 144 valence electrons. The van der Waals surface area contributed by atoms with Gasteiger partial charge >= 0.3 is 6.18 Å². The maximum Gasteiger partial charge on any atom is 0.406 e. The summed E-state index contributed by atoms with van der Waals surface area (Å²) in [5.74, 6) is -0.934. The minimum absolute atomic E-state index is 0.123. The van der Waals surface area contributed by atoms with Gasteiger partial charge in [0.2, 0.25) is 5.91 Å². The molecule has 0 radical (unpaired) electrons. The number of aliphatic imine (C=N–C) groups is 1. The van der Waals surface area contributed by atoms with Crippen molar-refractivity contribution in [1.29, 1.82) is 0 Å². The van der Waals surface area contributed by atoms with Crippen molar-refractivity contribution in [2.24, 2.45) is 10.7 Å². The predicted molar refractivity (Wildman–Crippen MR) is 90.4 cm³/mol. The van der Waals surface area contributed by atoms with E-state index < -0.39 is 25.2 Å². The third-order valence-electron chi connectivity index (χ3n) is 4.01. The zero-order valence-corrected chi connectivity index (χ0v) is 14.3. The summed E-state index contributed by atoms with van der Waals surface area (Å²) in [7, 11) is 1.07. The van der Waals surface area contributed by atoms with Crippen molar-refractivity contribution in [2.75, 3.05) is 51.2 Å². The van der Waals surface area contributed by atoms with E-state index in [1.165, 1.54) is 12.1 Å². The third-order valence-corrected chi connectivity index (χ3v) is 4.01. The lowest BCUT2D eigenvalue weighted by atomic mass is 10.2. The Hall–Kier alpha value is -2.52. The number of rotatable bonds is 4. The van der Waals surface area contributed by atoms with Gasteiger partial charge in [-0.25, -0.2) is 9.38 Å². The number of carbonyl (C=O) groups is 1. The first-order chi connectivity index (χ1) is 12.2. The first kappa shape index (κ1) is 19.8. The lowest BCUT2D eigenvalue weighted by Crippen LogP contribution is -2.51. The standard InChI is InChI=1S/C16H21F4N5O/c1-23(11-16(18,19)20)14(26)10-22-15(21)25-8-6-24(7-9-25)13-4-2-12(17)3-5-13/h2-5H,6-11H2,1H3,(H2,21,22). The Morgan fingerprint density at radius 1 is 1.19 bits per heavy atom. The van der Waals surface area contributed by atoms with Gasteiger partial charge in [-0.2, -0.15) is 13.2 Å². The number of likely N-dealkylation sites (N-methyl/N-ethyl adjacent to an activating group) is 1.